The molecule has 0 saturated heterocycles. The summed E-state index contributed by atoms with van der Waals surface area (Å²) >= 11 is 0. The molecule has 1 fully saturated rings. The Balaban J connectivity index is 1.31. The second-order valence-electron chi connectivity index (χ2n) is 11.4. The van der Waals surface area contributed by atoms with Crippen LogP contribution in [-0.4, -0.2) is 4.98 Å². The lowest BCUT2D eigenvalue weighted by molar-refractivity contribution is 0.673. The Hall–Kier alpha value is -4.69. The first-order chi connectivity index (χ1) is 25.0. The molecule has 0 amide bonds. The molecule has 7 aromatic rings. The van der Waals surface area contributed by atoms with Crippen molar-refractivity contribution in [1.82, 2.24) is 4.98 Å². The zero-order valence-electron chi connectivity index (χ0n) is 33.5. The van der Waals surface area contributed by atoms with E-state index in [2.05, 4.69) is 4.98 Å². The molecule has 1 saturated carbocycles. The molecule has 2 heterocycles. The Bertz CT molecular complexity index is 2550. The van der Waals surface area contributed by atoms with Gasteiger partial charge >= 0.3 is 0 Å². The average Bonchev–Trinajstić information content (AvgIpc) is 3.74. The normalized spacial score (nSPS) is 19.0. The molecular weight excluding hydrogens is 522 g/mol. The van der Waals surface area contributed by atoms with E-state index in [0.717, 1.165) is 40.0 Å². The molecule has 5 aromatic carbocycles. The molecular formula is C41H35NO. The third kappa shape index (κ3) is 4.36. The van der Waals surface area contributed by atoms with E-state index in [4.69, 9.17) is 18.1 Å². The molecule has 0 spiro atoms. The third-order valence-electron chi connectivity index (χ3n) is 8.82. The lowest BCUT2D eigenvalue weighted by atomic mass is 9.89. The van der Waals surface area contributed by atoms with Crippen LogP contribution in [0.15, 0.2) is 108 Å². The zero-order valence-corrected chi connectivity index (χ0v) is 23.5. The second kappa shape index (κ2) is 10.2. The molecule has 8 rings (SSSR count). The first-order valence-electron chi connectivity index (χ1n) is 19.7. The number of hydrogen-bond donors (Lipinski definition) is 0. The Morgan fingerprint density at radius 2 is 1.44 bits per heavy atom. The van der Waals surface area contributed by atoms with Gasteiger partial charge in [-0.1, -0.05) is 91.7 Å². The van der Waals surface area contributed by atoms with Crippen LogP contribution in [0.1, 0.15) is 67.5 Å². The minimum atomic E-state index is -2.70. The van der Waals surface area contributed by atoms with E-state index in [9.17, 15) is 0 Å². The number of aryl methyl sites for hydroxylation is 3. The molecule has 2 nitrogen and oxygen atoms in total. The summed E-state index contributed by atoms with van der Waals surface area (Å²) in [7, 11) is 0. The summed E-state index contributed by atoms with van der Waals surface area (Å²) in [6.45, 7) is -7.86. The summed E-state index contributed by atoms with van der Waals surface area (Å²) in [5.41, 5.74) is 3.79. The van der Waals surface area contributed by atoms with Gasteiger partial charge in [0.2, 0.25) is 0 Å². The van der Waals surface area contributed by atoms with Gasteiger partial charge in [0, 0.05) is 41.6 Å². The fraction of sp³-hybridized carbons (Fsp3) is 0.195. The summed E-state index contributed by atoms with van der Waals surface area (Å²) < 4.78 is 91.5. The Morgan fingerprint density at radius 1 is 0.651 bits per heavy atom. The quantitative estimate of drug-likeness (QED) is 0.211. The maximum atomic E-state index is 8.98. The van der Waals surface area contributed by atoms with Crippen LogP contribution in [0, 0.1) is 20.6 Å². The van der Waals surface area contributed by atoms with Crippen molar-refractivity contribution in [3.05, 3.63) is 126 Å². The number of hydrogen-bond acceptors (Lipinski definition) is 2. The Morgan fingerprint density at radius 3 is 2.33 bits per heavy atom. The number of benzene rings is 5. The van der Waals surface area contributed by atoms with Gasteiger partial charge in [-0.2, -0.15) is 0 Å². The first-order valence-corrected chi connectivity index (χ1v) is 14.7. The molecule has 1 aliphatic carbocycles. The highest BCUT2D eigenvalue weighted by molar-refractivity contribution is 6.17. The summed E-state index contributed by atoms with van der Waals surface area (Å²) in [4.78, 5) is 4.59. The molecule has 0 aliphatic heterocycles. The van der Waals surface area contributed by atoms with Crippen LogP contribution in [0.3, 0.4) is 0 Å². The topological polar surface area (TPSA) is 26.0 Å². The highest BCUT2D eigenvalue weighted by atomic mass is 16.3. The van der Waals surface area contributed by atoms with Crippen LogP contribution < -0.4 is 0 Å². The average molecular weight is 568 g/mol. The standard InChI is InChI=1S/C41H35NO/c1-25-21-30(28-9-4-5-10-28)16-18-32(25)31-17-19-33(26(2)22-31)38-23-39(42-24-27(38)3)37-14-8-13-35-36-20-15-29-11-6-7-12-34(29)40(36)43-41(35)37/h6-8,11-24,28H,4-5,9-10H2,1-3H3/i1D3,2D3,3D3,28D. The van der Waals surface area contributed by atoms with E-state index in [1.54, 1.807) is 36.4 Å². The molecule has 0 atom stereocenters. The van der Waals surface area contributed by atoms with Gasteiger partial charge in [0.15, 0.2) is 0 Å². The summed E-state index contributed by atoms with van der Waals surface area (Å²) in [5, 5.41) is 3.76. The van der Waals surface area contributed by atoms with Crippen LogP contribution in [0.4, 0.5) is 0 Å². The van der Waals surface area contributed by atoms with Gasteiger partial charge in [-0.3, -0.25) is 4.98 Å². The smallest absolute Gasteiger partial charge is 0.144 e. The van der Waals surface area contributed by atoms with Crippen molar-refractivity contribution in [2.24, 2.45) is 0 Å². The molecule has 43 heavy (non-hydrogen) atoms. The second-order valence-corrected chi connectivity index (χ2v) is 11.4. The number of rotatable bonds is 4. The molecule has 210 valence electrons. The molecule has 0 N–H and O–H groups in total. The van der Waals surface area contributed by atoms with Crippen molar-refractivity contribution in [1.29, 1.82) is 0 Å². The van der Waals surface area contributed by atoms with E-state index in [1.165, 1.54) is 12.3 Å². The molecule has 2 heteroatoms. The summed E-state index contributed by atoms with van der Waals surface area (Å²) in [5.74, 6) is -0.864. The maximum Gasteiger partial charge on any atom is 0.144 e. The predicted octanol–water partition coefficient (Wildman–Crippen LogP) is 11.7. The molecule has 0 unspecified atom stereocenters. The van der Waals surface area contributed by atoms with Gasteiger partial charge in [0.25, 0.3) is 0 Å². The van der Waals surface area contributed by atoms with Gasteiger partial charge in [-0.15, -0.1) is 0 Å². The highest BCUT2D eigenvalue weighted by Crippen LogP contribution is 2.40. The minimum Gasteiger partial charge on any atom is -0.455 e. The first kappa shape index (κ1) is 17.4. The van der Waals surface area contributed by atoms with Gasteiger partial charge in [0.1, 0.15) is 11.2 Å². The fourth-order valence-electron chi connectivity index (χ4n) is 6.61. The molecule has 0 radical (unpaired) electrons. The summed E-state index contributed by atoms with van der Waals surface area (Å²) in [6, 6.07) is 28.9. The van der Waals surface area contributed by atoms with E-state index >= 15 is 0 Å². The van der Waals surface area contributed by atoms with E-state index in [0.29, 0.717) is 46.4 Å². The Labute approximate surface area is 267 Å². The van der Waals surface area contributed by atoms with Crippen molar-refractivity contribution in [3.8, 4) is 33.5 Å². The van der Waals surface area contributed by atoms with E-state index in [-0.39, 0.29) is 27.8 Å². The molecule has 2 aromatic heterocycles. The van der Waals surface area contributed by atoms with Gasteiger partial charge in [-0.05, 0) is 107 Å². The van der Waals surface area contributed by atoms with Crippen LogP contribution in [-0.2, 0) is 0 Å². The predicted molar refractivity (Wildman–Crippen MR) is 181 cm³/mol. The monoisotopic (exact) mass is 567 g/mol. The fourth-order valence-corrected chi connectivity index (χ4v) is 6.61. The van der Waals surface area contributed by atoms with Gasteiger partial charge < -0.3 is 4.42 Å². The summed E-state index contributed by atoms with van der Waals surface area (Å²) in [6.07, 6.45) is 4.37. The number of pyridine rings is 1. The van der Waals surface area contributed by atoms with Crippen molar-refractivity contribution in [2.45, 2.75) is 52.1 Å². The van der Waals surface area contributed by atoms with Crippen LogP contribution in [0.2, 0.25) is 0 Å². The van der Waals surface area contributed by atoms with E-state index in [1.807, 2.05) is 54.6 Å². The Kier molecular flexibility index (Phi) is 4.15. The SMILES string of the molecule is [2H]C([2H])([2H])c1cc(C2([2H])CCCC2)ccc1-c1ccc(-c2cc(-c3cccc4c3oc3c5ccccc5ccc43)ncc2C([2H])([2H])[2H])c(C([2H])([2H])[2H])c1. The van der Waals surface area contributed by atoms with Gasteiger partial charge in [0.05, 0.1) is 5.69 Å². The van der Waals surface area contributed by atoms with Crippen LogP contribution in [0.5, 0.6) is 0 Å². The number of furan rings is 1. The van der Waals surface area contributed by atoms with Crippen LogP contribution >= 0.6 is 0 Å². The lowest BCUT2D eigenvalue weighted by Crippen LogP contribution is -1.95. The van der Waals surface area contributed by atoms with Crippen molar-refractivity contribution < 1.29 is 18.1 Å². The highest BCUT2D eigenvalue weighted by Gasteiger charge is 2.19. The lowest BCUT2D eigenvalue weighted by Gasteiger charge is -2.16. The minimum absolute atomic E-state index is 0.0406. The molecule has 1 aliphatic rings. The van der Waals surface area contributed by atoms with Crippen LogP contribution in [0.25, 0.3) is 66.2 Å². The molecule has 0 bridgehead atoms. The van der Waals surface area contributed by atoms with E-state index < -0.39 is 26.4 Å². The third-order valence-corrected chi connectivity index (χ3v) is 8.82. The van der Waals surface area contributed by atoms with Crippen molar-refractivity contribution in [2.75, 3.05) is 0 Å². The van der Waals surface area contributed by atoms with Crippen molar-refractivity contribution >= 4 is 32.7 Å². The van der Waals surface area contributed by atoms with Gasteiger partial charge in [-0.25, -0.2) is 0 Å². The largest absolute Gasteiger partial charge is 0.455 e. The number of fused-ring (bicyclic) bond motifs is 5. The zero-order chi connectivity index (χ0) is 37.5. The number of nitrogens with zero attached hydrogens (tertiary/aromatic N) is 1. The number of aromatic nitrogens is 1. The van der Waals surface area contributed by atoms with Crippen molar-refractivity contribution in [3.63, 3.8) is 0 Å². The maximum absolute atomic E-state index is 8.98. The number of para-hydroxylation sites is 1.